The Kier molecular flexibility index (Phi) is 4.89. The van der Waals surface area contributed by atoms with E-state index in [1.807, 2.05) is 24.5 Å². The van der Waals surface area contributed by atoms with Gasteiger partial charge in [-0.3, -0.25) is 9.88 Å². The summed E-state index contributed by atoms with van der Waals surface area (Å²) in [5.74, 6) is 0. The zero-order valence-electron chi connectivity index (χ0n) is 13.9. The van der Waals surface area contributed by atoms with Crippen molar-refractivity contribution in [3.05, 3.63) is 46.2 Å². The fourth-order valence-corrected chi connectivity index (χ4v) is 4.34. The van der Waals surface area contributed by atoms with E-state index in [1.54, 1.807) is 11.3 Å². The van der Waals surface area contributed by atoms with Gasteiger partial charge in [0, 0.05) is 36.9 Å². The van der Waals surface area contributed by atoms with Crippen molar-refractivity contribution in [1.82, 2.24) is 14.9 Å². The van der Waals surface area contributed by atoms with Crippen LogP contribution in [0.4, 0.5) is 0 Å². The normalized spacial score (nSPS) is 27.3. The highest BCUT2D eigenvalue weighted by atomic mass is 32.1. The Bertz CT molecular complexity index is 663. The van der Waals surface area contributed by atoms with Crippen molar-refractivity contribution >= 4 is 11.3 Å². The molecular formula is C18H23N3O2S. The molecule has 1 aliphatic heterocycles. The van der Waals surface area contributed by atoms with Crippen LogP contribution in [0.2, 0.25) is 0 Å². The van der Waals surface area contributed by atoms with Crippen LogP contribution >= 0.6 is 11.3 Å². The third kappa shape index (κ3) is 3.52. The van der Waals surface area contributed by atoms with E-state index in [0.29, 0.717) is 12.6 Å². The minimum atomic E-state index is 0.181. The van der Waals surface area contributed by atoms with Crippen LogP contribution in [-0.2, 0) is 22.6 Å². The Morgan fingerprint density at radius 3 is 3.00 bits per heavy atom. The van der Waals surface area contributed by atoms with Crippen molar-refractivity contribution in [2.24, 2.45) is 0 Å². The molecule has 0 aromatic carbocycles. The molecule has 1 aliphatic carbocycles. The van der Waals surface area contributed by atoms with Gasteiger partial charge in [-0.1, -0.05) is 0 Å². The first kappa shape index (κ1) is 16.1. The van der Waals surface area contributed by atoms with Gasteiger partial charge in [-0.15, -0.1) is 11.3 Å². The molecule has 6 heteroatoms. The van der Waals surface area contributed by atoms with Crippen molar-refractivity contribution in [1.29, 1.82) is 0 Å². The highest BCUT2D eigenvalue weighted by molar-refractivity contribution is 7.09. The monoisotopic (exact) mass is 345 g/mol. The molecule has 0 N–H and O–H groups in total. The van der Waals surface area contributed by atoms with Crippen LogP contribution in [0.3, 0.4) is 0 Å². The summed E-state index contributed by atoms with van der Waals surface area (Å²) in [4.78, 5) is 11.2. The predicted octanol–water partition coefficient (Wildman–Crippen LogP) is 2.80. The molecule has 24 heavy (non-hydrogen) atoms. The number of morpholine rings is 1. The summed E-state index contributed by atoms with van der Waals surface area (Å²) in [5, 5.41) is 3.31. The van der Waals surface area contributed by atoms with E-state index in [-0.39, 0.29) is 12.2 Å². The molecule has 1 saturated heterocycles. The lowest BCUT2D eigenvalue weighted by Crippen LogP contribution is -2.51. The SMILES string of the molecule is Cc1nc(CN2CCO[C@H]3[C@H](OCc4ccncc4)CC[C@@H]32)cs1. The molecule has 2 fully saturated rings. The topological polar surface area (TPSA) is 47.5 Å². The number of aryl methyl sites for hydroxylation is 1. The van der Waals surface area contributed by atoms with Gasteiger partial charge in [-0.25, -0.2) is 4.98 Å². The summed E-state index contributed by atoms with van der Waals surface area (Å²) in [5.41, 5.74) is 2.35. The molecule has 0 radical (unpaired) electrons. The van der Waals surface area contributed by atoms with Gasteiger partial charge in [0.05, 0.1) is 36.1 Å². The molecule has 0 bridgehead atoms. The number of pyridine rings is 1. The average molecular weight is 345 g/mol. The van der Waals surface area contributed by atoms with Crippen molar-refractivity contribution in [2.45, 2.75) is 51.2 Å². The average Bonchev–Trinajstić information content (AvgIpc) is 3.21. The van der Waals surface area contributed by atoms with E-state index >= 15 is 0 Å². The van der Waals surface area contributed by atoms with Gasteiger partial charge in [0.15, 0.2) is 0 Å². The van der Waals surface area contributed by atoms with Gasteiger partial charge in [-0.2, -0.15) is 0 Å². The van der Waals surface area contributed by atoms with Gasteiger partial charge in [0.2, 0.25) is 0 Å². The van der Waals surface area contributed by atoms with Crippen molar-refractivity contribution < 1.29 is 9.47 Å². The van der Waals surface area contributed by atoms with Crippen molar-refractivity contribution in [3.8, 4) is 0 Å². The molecule has 2 aliphatic rings. The molecule has 0 spiro atoms. The van der Waals surface area contributed by atoms with E-state index in [2.05, 4.69) is 27.2 Å². The highest BCUT2D eigenvalue weighted by Crippen LogP contribution is 2.33. The first-order chi connectivity index (χ1) is 11.8. The highest BCUT2D eigenvalue weighted by Gasteiger charge is 2.43. The van der Waals surface area contributed by atoms with E-state index < -0.39 is 0 Å². The molecule has 5 nitrogen and oxygen atoms in total. The molecule has 1 saturated carbocycles. The van der Waals surface area contributed by atoms with Crippen LogP contribution in [0.25, 0.3) is 0 Å². The molecule has 3 atom stereocenters. The summed E-state index contributed by atoms with van der Waals surface area (Å²) in [6.07, 6.45) is 6.18. The number of rotatable bonds is 5. The van der Waals surface area contributed by atoms with Crippen LogP contribution in [0.5, 0.6) is 0 Å². The number of nitrogens with zero attached hydrogens (tertiary/aromatic N) is 3. The molecule has 4 rings (SSSR count). The summed E-state index contributed by atoms with van der Waals surface area (Å²) in [7, 11) is 0. The van der Waals surface area contributed by atoms with Crippen LogP contribution in [0.1, 0.15) is 29.1 Å². The summed E-state index contributed by atoms with van der Waals surface area (Å²) in [6.45, 7) is 5.38. The number of hydrogen-bond acceptors (Lipinski definition) is 6. The fraction of sp³-hybridized carbons (Fsp3) is 0.556. The smallest absolute Gasteiger partial charge is 0.0992 e. The summed E-state index contributed by atoms with van der Waals surface area (Å²) >= 11 is 1.73. The van der Waals surface area contributed by atoms with Gasteiger partial charge < -0.3 is 9.47 Å². The Hall–Kier alpha value is -1.34. The van der Waals surface area contributed by atoms with E-state index in [1.165, 1.54) is 11.3 Å². The first-order valence-corrected chi connectivity index (χ1v) is 9.45. The standard InChI is InChI=1S/C18H23N3O2S/c1-13-20-15(12-24-13)10-21-8-9-22-18-16(21)2-3-17(18)23-11-14-4-6-19-7-5-14/h4-7,12,16-18H,2-3,8-11H2,1H3/t16-,17+,18+/m0/s1. The number of hydrogen-bond donors (Lipinski definition) is 0. The maximum Gasteiger partial charge on any atom is 0.0992 e. The Morgan fingerprint density at radius 2 is 2.21 bits per heavy atom. The first-order valence-electron chi connectivity index (χ1n) is 8.57. The second-order valence-electron chi connectivity index (χ2n) is 6.51. The number of fused-ring (bicyclic) bond motifs is 1. The van der Waals surface area contributed by atoms with Gasteiger partial charge in [-0.05, 0) is 37.5 Å². The minimum Gasteiger partial charge on any atom is -0.373 e. The zero-order valence-corrected chi connectivity index (χ0v) is 14.7. The zero-order chi connectivity index (χ0) is 16.4. The second-order valence-corrected chi connectivity index (χ2v) is 7.58. The largest absolute Gasteiger partial charge is 0.373 e. The van der Waals surface area contributed by atoms with E-state index in [4.69, 9.17) is 9.47 Å². The maximum atomic E-state index is 6.17. The molecule has 3 heterocycles. The lowest BCUT2D eigenvalue weighted by molar-refractivity contribution is -0.118. The van der Waals surface area contributed by atoms with E-state index in [0.717, 1.165) is 37.5 Å². The Balaban J connectivity index is 1.37. The van der Waals surface area contributed by atoms with Crippen LogP contribution in [-0.4, -0.2) is 46.3 Å². The molecule has 128 valence electrons. The van der Waals surface area contributed by atoms with Gasteiger partial charge in [0.25, 0.3) is 0 Å². The minimum absolute atomic E-state index is 0.181. The van der Waals surface area contributed by atoms with Gasteiger partial charge in [0.1, 0.15) is 0 Å². The third-order valence-electron chi connectivity index (χ3n) is 4.90. The van der Waals surface area contributed by atoms with Crippen LogP contribution in [0.15, 0.2) is 29.9 Å². The number of thiazole rings is 1. The van der Waals surface area contributed by atoms with Crippen molar-refractivity contribution in [3.63, 3.8) is 0 Å². The summed E-state index contributed by atoms with van der Waals surface area (Å²) in [6, 6.07) is 4.46. The number of aromatic nitrogens is 2. The van der Waals surface area contributed by atoms with Crippen molar-refractivity contribution in [2.75, 3.05) is 13.2 Å². The molecule has 2 aromatic heterocycles. The van der Waals surface area contributed by atoms with Crippen LogP contribution in [0, 0.1) is 6.92 Å². The summed E-state index contributed by atoms with van der Waals surface area (Å²) < 4.78 is 12.2. The third-order valence-corrected chi connectivity index (χ3v) is 5.72. The fourth-order valence-electron chi connectivity index (χ4n) is 3.74. The van der Waals surface area contributed by atoms with Gasteiger partial charge >= 0.3 is 0 Å². The predicted molar refractivity (Wildman–Crippen MR) is 92.8 cm³/mol. The lowest BCUT2D eigenvalue weighted by atomic mass is 10.1. The maximum absolute atomic E-state index is 6.17. The molecule has 2 aromatic rings. The molecular weight excluding hydrogens is 322 g/mol. The van der Waals surface area contributed by atoms with Crippen LogP contribution < -0.4 is 0 Å². The Labute approximate surface area is 146 Å². The number of ether oxygens (including phenoxy) is 2. The molecule has 0 unspecified atom stereocenters. The second kappa shape index (κ2) is 7.27. The quantitative estimate of drug-likeness (QED) is 0.834. The van der Waals surface area contributed by atoms with E-state index in [9.17, 15) is 0 Å². The molecule has 0 amide bonds. The lowest BCUT2D eigenvalue weighted by Gasteiger charge is -2.38. The Morgan fingerprint density at radius 1 is 1.33 bits per heavy atom.